The van der Waals surface area contributed by atoms with Crippen molar-refractivity contribution in [2.75, 3.05) is 27.2 Å². The molecule has 1 aromatic rings. The highest BCUT2D eigenvalue weighted by Gasteiger charge is 2.17. The van der Waals surface area contributed by atoms with Gasteiger partial charge in [0, 0.05) is 24.6 Å². The zero-order chi connectivity index (χ0) is 19.8. The molecule has 1 aromatic carbocycles. The smallest absolute Gasteiger partial charge is 0.167 e. The standard InChI is InChI=1S/C18H25NO2.C2H6.C2H4/c1-6-15(7-2)13-19(4)12-14(3)18(20)16-9-8-10-17(11-16)21-5;2*1-2/h6-11,14H,1,12-13H2,2-5H3;1-2H3;1-2H2/b15-7+;;/t14-;;/m0../s1. The van der Waals surface area contributed by atoms with E-state index < -0.39 is 0 Å². The fraction of sp³-hybridized carbons (Fsp3) is 0.409. The maximum atomic E-state index is 12.5. The normalized spacial score (nSPS) is 11.4. The Morgan fingerprint density at radius 1 is 1.32 bits per heavy atom. The van der Waals surface area contributed by atoms with Crippen molar-refractivity contribution in [1.29, 1.82) is 0 Å². The summed E-state index contributed by atoms with van der Waals surface area (Å²) in [7, 11) is 3.62. The molecule has 0 saturated carbocycles. The van der Waals surface area contributed by atoms with Gasteiger partial charge in [0.25, 0.3) is 0 Å². The SMILES string of the molecule is C=C.C=C/C(=C\C)CN(C)C[C@H](C)C(=O)c1cccc(OC)c1.CC. The Kier molecular flexibility index (Phi) is 15.5. The van der Waals surface area contributed by atoms with Crippen LogP contribution < -0.4 is 4.74 Å². The Morgan fingerprint density at radius 2 is 1.92 bits per heavy atom. The molecule has 0 aliphatic rings. The first-order valence-electron chi connectivity index (χ1n) is 8.66. The van der Waals surface area contributed by atoms with Crippen LogP contribution in [-0.4, -0.2) is 37.9 Å². The van der Waals surface area contributed by atoms with Crippen molar-refractivity contribution >= 4 is 5.78 Å². The highest BCUT2D eigenvalue weighted by atomic mass is 16.5. The van der Waals surface area contributed by atoms with Crippen LogP contribution in [0.15, 0.2) is 61.7 Å². The minimum Gasteiger partial charge on any atom is -0.497 e. The Balaban J connectivity index is 0. The molecule has 0 aliphatic heterocycles. The number of ether oxygens (including phenoxy) is 1. The van der Waals surface area contributed by atoms with Crippen molar-refractivity contribution in [2.45, 2.75) is 27.7 Å². The molecule has 0 fully saturated rings. The number of Topliss-reactive ketones (excluding diaryl/α,β-unsaturated/α-hetero) is 1. The minimum absolute atomic E-state index is 0.0648. The molecule has 3 heteroatoms. The van der Waals surface area contributed by atoms with Crippen molar-refractivity contribution in [3.63, 3.8) is 0 Å². The third-order valence-corrected chi connectivity index (χ3v) is 3.47. The third-order valence-electron chi connectivity index (χ3n) is 3.47. The van der Waals surface area contributed by atoms with Gasteiger partial charge in [-0.05, 0) is 31.7 Å². The molecule has 0 aliphatic carbocycles. The van der Waals surface area contributed by atoms with Crippen LogP contribution >= 0.6 is 0 Å². The van der Waals surface area contributed by atoms with E-state index in [2.05, 4.69) is 24.6 Å². The number of allylic oxidation sites excluding steroid dienone is 1. The first-order chi connectivity index (χ1) is 12.0. The number of benzene rings is 1. The Labute approximate surface area is 154 Å². The van der Waals surface area contributed by atoms with Crippen LogP contribution in [0.4, 0.5) is 0 Å². The predicted molar refractivity (Wildman–Crippen MR) is 111 cm³/mol. The first-order valence-corrected chi connectivity index (χ1v) is 8.66. The van der Waals surface area contributed by atoms with Gasteiger partial charge in [-0.25, -0.2) is 0 Å². The second-order valence-corrected chi connectivity index (χ2v) is 5.26. The molecule has 0 saturated heterocycles. The summed E-state index contributed by atoms with van der Waals surface area (Å²) in [5.74, 6) is 0.788. The number of carbonyl (C=O) groups is 1. The summed E-state index contributed by atoms with van der Waals surface area (Å²) in [4.78, 5) is 14.6. The van der Waals surface area contributed by atoms with Crippen LogP contribution in [0.5, 0.6) is 5.75 Å². The van der Waals surface area contributed by atoms with Crippen LogP contribution in [-0.2, 0) is 0 Å². The Morgan fingerprint density at radius 3 is 2.40 bits per heavy atom. The number of methoxy groups -OCH3 is 1. The summed E-state index contributed by atoms with van der Waals surface area (Å²) >= 11 is 0. The highest BCUT2D eigenvalue weighted by Crippen LogP contribution is 2.16. The summed E-state index contributed by atoms with van der Waals surface area (Å²) in [5, 5.41) is 0. The highest BCUT2D eigenvalue weighted by molar-refractivity contribution is 5.98. The van der Waals surface area contributed by atoms with Gasteiger partial charge in [0.1, 0.15) is 5.75 Å². The van der Waals surface area contributed by atoms with Crippen molar-refractivity contribution < 1.29 is 9.53 Å². The van der Waals surface area contributed by atoms with Gasteiger partial charge in [-0.15, -0.1) is 13.2 Å². The quantitative estimate of drug-likeness (QED) is 0.358. The van der Waals surface area contributed by atoms with Crippen molar-refractivity contribution in [3.05, 3.63) is 67.3 Å². The molecule has 0 aromatic heterocycles. The fourth-order valence-corrected chi connectivity index (χ4v) is 2.26. The van der Waals surface area contributed by atoms with Gasteiger partial charge in [-0.1, -0.05) is 51.6 Å². The van der Waals surface area contributed by atoms with E-state index in [1.54, 1.807) is 13.2 Å². The van der Waals surface area contributed by atoms with Crippen LogP contribution in [0, 0.1) is 5.92 Å². The molecule has 0 N–H and O–H groups in total. The summed E-state index contributed by atoms with van der Waals surface area (Å²) < 4.78 is 5.17. The van der Waals surface area contributed by atoms with Gasteiger partial charge in [-0.2, -0.15) is 0 Å². The first kappa shape index (κ1) is 25.1. The van der Waals surface area contributed by atoms with Gasteiger partial charge >= 0.3 is 0 Å². The molecule has 1 atom stereocenters. The maximum Gasteiger partial charge on any atom is 0.167 e. The van der Waals surface area contributed by atoms with Gasteiger partial charge in [-0.3, -0.25) is 4.79 Å². The third kappa shape index (κ3) is 9.68. The average molecular weight is 346 g/mol. The van der Waals surface area contributed by atoms with E-state index >= 15 is 0 Å². The summed E-state index contributed by atoms with van der Waals surface area (Å²) in [6.07, 6.45) is 3.89. The molecule has 1 rings (SSSR count). The predicted octanol–water partition coefficient (Wildman–Crippen LogP) is 5.41. The minimum atomic E-state index is -0.0648. The van der Waals surface area contributed by atoms with Gasteiger partial charge in [0.2, 0.25) is 0 Å². The molecule has 3 nitrogen and oxygen atoms in total. The topological polar surface area (TPSA) is 29.5 Å². The number of ketones is 1. The van der Waals surface area contributed by atoms with Gasteiger partial charge in [0.15, 0.2) is 5.78 Å². The van der Waals surface area contributed by atoms with Crippen molar-refractivity contribution in [1.82, 2.24) is 4.90 Å². The molecule has 140 valence electrons. The van der Waals surface area contributed by atoms with E-state index in [0.29, 0.717) is 17.9 Å². The lowest BCUT2D eigenvalue weighted by molar-refractivity contribution is 0.0905. The molecule has 0 heterocycles. The van der Waals surface area contributed by atoms with E-state index in [1.165, 1.54) is 5.57 Å². The van der Waals surface area contributed by atoms with Crippen molar-refractivity contribution in [2.24, 2.45) is 5.92 Å². The Hall–Kier alpha value is -2.13. The van der Waals surface area contributed by atoms with E-state index in [0.717, 1.165) is 6.54 Å². The lowest BCUT2D eigenvalue weighted by atomic mass is 9.98. The number of rotatable bonds is 8. The molecule has 0 radical (unpaired) electrons. The number of nitrogens with zero attached hydrogens (tertiary/aromatic N) is 1. The molecule has 0 bridgehead atoms. The maximum absolute atomic E-state index is 12.5. The summed E-state index contributed by atoms with van der Waals surface area (Å²) in [5.41, 5.74) is 1.86. The zero-order valence-corrected chi connectivity index (χ0v) is 16.8. The summed E-state index contributed by atoms with van der Waals surface area (Å²) in [6.45, 7) is 19.3. The van der Waals surface area contributed by atoms with E-state index in [-0.39, 0.29) is 11.7 Å². The molecule has 0 unspecified atom stereocenters. The van der Waals surface area contributed by atoms with E-state index in [4.69, 9.17) is 4.74 Å². The van der Waals surface area contributed by atoms with Crippen LogP contribution in [0.1, 0.15) is 38.1 Å². The molecule has 0 spiro atoms. The van der Waals surface area contributed by atoms with Gasteiger partial charge < -0.3 is 9.64 Å². The average Bonchev–Trinajstić information content (AvgIpc) is 2.68. The van der Waals surface area contributed by atoms with E-state index in [9.17, 15) is 4.79 Å². The molecule has 0 amide bonds. The Bertz CT molecular complexity index is 535. The fourth-order valence-electron chi connectivity index (χ4n) is 2.26. The number of carbonyl (C=O) groups excluding carboxylic acids is 1. The molecular formula is C22H35NO2. The van der Waals surface area contributed by atoms with E-state index in [1.807, 2.05) is 65.1 Å². The molecular weight excluding hydrogens is 310 g/mol. The second-order valence-electron chi connectivity index (χ2n) is 5.26. The van der Waals surface area contributed by atoms with Crippen LogP contribution in [0.25, 0.3) is 0 Å². The number of hydrogen-bond acceptors (Lipinski definition) is 3. The lowest BCUT2D eigenvalue weighted by Gasteiger charge is -2.21. The monoisotopic (exact) mass is 345 g/mol. The van der Waals surface area contributed by atoms with Crippen molar-refractivity contribution in [3.8, 4) is 5.75 Å². The number of likely N-dealkylation sites (N-methyl/N-ethyl adjacent to an activating group) is 1. The zero-order valence-electron chi connectivity index (χ0n) is 16.8. The second kappa shape index (κ2) is 15.4. The largest absolute Gasteiger partial charge is 0.497 e. The van der Waals surface area contributed by atoms with Crippen LogP contribution in [0.3, 0.4) is 0 Å². The van der Waals surface area contributed by atoms with Gasteiger partial charge in [0.05, 0.1) is 7.11 Å². The van der Waals surface area contributed by atoms with Crippen LogP contribution in [0.2, 0.25) is 0 Å². The number of hydrogen-bond donors (Lipinski definition) is 0. The summed E-state index contributed by atoms with van der Waals surface area (Å²) in [6, 6.07) is 7.32. The molecule has 25 heavy (non-hydrogen) atoms. The lowest BCUT2D eigenvalue weighted by Crippen LogP contribution is -2.30.